The summed E-state index contributed by atoms with van der Waals surface area (Å²) in [5.74, 6) is 0.459. The van der Waals surface area contributed by atoms with Gasteiger partial charge in [0, 0.05) is 36.0 Å². The fourth-order valence-corrected chi connectivity index (χ4v) is 3.35. The molecule has 0 bridgehead atoms. The van der Waals surface area contributed by atoms with Crippen LogP contribution in [-0.4, -0.2) is 32.0 Å². The van der Waals surface area contributed by atoms with Crippen molar-refractivity contribution in [1.82, 2.24) is 20.3 Å². The minimum atomic E-state index is -0.505. The Morgan fingerprint density at radius 3 is 2.85 bits per heavy atom. The lowest BCUT2D eigenvalue weighted by Gasteiger charge is -2.35. The zero-order valence-electron chi connectivity index (χ0n) is 15.1. The van der Waals surface area contributed by atoms with E-state index in [0.29, 0.717) is 11.6 Å². The standard InChI is InChI=1S/C20H22N4O3/c1-13(25)16-10-21-24(12-16)11-14-7-17(8-14)22-20(26)19-9-18(23-27-19)15-5-3-2-4-6-15/h2-6,9-10,12-14,17,25H,7-8,11H2,1H3,(H,22,26)/t13-,14?,17?/m0/s1. The third kappa shape index (κ3) is 3.93. The Morgan fingerprint density at radius 2 is 2.15 bits per heavy atom. The summed E-state index contributed by atoms with van der Waals surface area (Å²) in [4.78, 5) is 12.3. The van der Waals surface area contributed by atoms with Crippen molar-refractivity contribution in [2.24, 2.45) is 5.92 Å². The molecule has 0 saturated heterocycles. The van der Waals surface area contributed by atoms with E-state index >= 15 is 0 Å². The maximum Gasteiger partial charge on any atom is 0.290 e. The zero-order chi connectivity index (χ0) is 18.8. The van der Waals surface area contributed by atoms with Crippen molar-refractivity contribution in [2.75, 3.05) is 0 Å². The highest BCUT2D eigenvalue weighted by Crippen LogP contribution is 2.29. The lowest BCUT2D eigenvalue weighted by atomic mass is 9.80. The lowest BCUT2D eigenvalue weighted by molar-refractivity contribution is 0.0842. The number of hydrogen-bond acceptors (Lipinski definition) is 5. The second-order valence-corrected chi connectivity index (χ2v) is 7.12. The van der Waals surface area contributed by atoms with Gasteiger partial charge in [0.2, 0.25) is 5.76 Å². The molecule has 27 heavy (non-hydrogen) atoms. The molecule has 1 fully saturated rings. The Bertz CT molecular complexity index is 910. The van der Waals surface area contributed by atoms with Crippen molar-refractivity contribution >= 4 is 5.91 Å². The number of amides is 1. The number of nitrogens with zero attached hydrogens (tertiary/aromatic N) is 3. The quantitative estimate of drug-likeness (QED) is 0.700. The van der Waals surface area contributed by atoms with Crippen LogP contribution in [0.1, 0.15) is 42.0 Å². The van der Waals surface area contributed by atoms with Gasteiger partial charge in [0.25, 0.3) is 5.91 Å². The molecule has 1 amide bonds. The van der Waals surface area contributed by atoms with Crippen LogP contribution in [-0.2, 0) is 6.54 Å². The Hall–Kier alpha value is -2.93. The first-order valence-corrected chi connectivity index (χ1v) is 9.12. The summed E-state index contributed by atoms with van der Waals surface area (Å²) in [5, 5.41) is 20.8. The Morgan fingerprint density at radius 1 is 1.37 bits per heavy atom. The summed E-state index contributed by atoms with van der Waals surface area (Å²) in [6, 6.07) is 11.4. The predicted octanol–water partition coefficient (Wildman–Crippen LogP) is 2.80. The molecule has 1 atom stereocenters. The minimum absolute atomic E-state index is 0.138. The summed E-state index contributed by atoms with van der Waals surface area (Å²) in [6.07, 6.45) is 4.85. The molecule has 0 radical (unpaired) electrons. The molecular weight excluding hydrogens is 344 g/mol. The summed E-state index contributed by atoms with van der Waals surface area (Å²) >= 11 is 0. The van der Waals surface area contributed by atoms with Crippen LogP contribution in [0.5, 0.6) is 0 Å². The molecule has 0 spiro atoms. The first-order valence-electron chi connectivity index (χ1n) is 9.12. The van der Waals surface area contributed by atoms with Crippen LogP contribution in [0.25, 0.3) is 11.3 Å². The van der Waals surface area contributed by atoms with Crippen molar-refractivity contribution < 1.29 is 14.4 Å². The molecule has 0 unspecified atom stereocenters. The van der Waals surface area contributed by atoms with Gasteiger partial charge >= 0.3 is 0 Å². The van der Waals surface area contributed by atoms with E-state index in [2.05, 4.69) is 15.6 Å². The van der Waals surface area contributed by atoms with Gasteiger partial charge in [-0.05, 0) is 25.7 Å². The largest absolute Gasteiger partial charge is 0.389 e. The van der Waals surface area contributed by atoms with Crippen molar-refractivity contribution in [2.45, 2.75) is 38.5 Å². The molecular formula is C20H22N4O3. The SMILES string of the molecule is C[C@H](O)c1cnn(CC2CC(NC(=O)c3cc(-c4ccccc4)no3)C2)c1. The zero-order valence-corrected chi connectivity index (χ0v) is 15.1. The first-order chi connectivity index (χ1) is 13.1. The van der Waals surface area contributed by atoms with Crippen LogP contribution in [0.2, 0.25) is 0 Å². The van der Waals surface area contributed by atoms with Crippen LogP contribution in [0.4, 0.5) is 0 Å². The molecule has 3 aromatic rings. The number of carbonyl (C=O) groups is 1. The second-order valence-electron chi connectivity index (χ2n) is 7.12. The predicted molar refractivity (Wildman–Crippen MR) is 98.8 cm³/mol. The number of aromatic nitrogens is 3. The summed E-state index contributed by atoms with van der Waals surface area (Å²) in [6.45, 7) is 2.52. The first kappa shape index (κ1) is 17.5. The number of carbonyl (C=O) groups excluding carboxylic acids is 1. The molecule has 1 aliphatic carbocycles. The van der Waals surface area contributed by atoms with Crippen molar-refractivity contribution in [3.05, 3.63) is 60.1 Å². The molecule has 2 heterocycles. The van der Waals surface area contributed by atoms with Gasteiger partial charge in [0.15, 0.2) is 0 Å². The Kier molecular flexibility index (Phi) is 4.77. The molecule has 2 aromatic heterocycles. The molecule has 0 aliphatic heterocycles. The lowest BCUT2D eigenvalue weighted by Crippen LogP contribution is -2.45. The van der Waals surface area contributed by atoms with E-state index in [1.807, 2.05) is 41.2 Å². The van der Waals surface area contributed by atoms with Gasteiger partial charge in [0.05, 0.1) is 12.3 Å². The van der Waals surface area contributed by atoms with Gasteiger partial charge in [-0.15, -0.1) is 0 Å². The summed E-state index contributed by atoms with van der Waals surface area (Å²) in [5.41, 5.74) is 2.39. The normalized spacial score (nSPS) is 20.1. The highest BCUT2D eigenvalue weighted by atomic mass is 16.5. The summed E-state index contributed by atoms with van der Waals surface area (Å²) in [7, 11) is 0. The van der Waals surface area contributed by atoms with Crippen LogP contribution >= 0.6 is 0 Å². The minimum Gasteiger partial charge on any atom is -0.389 e. The fourth-order valence-electron chi connectivity index (χ4n) is 3.35. The molecule has 4 rings (SSSR count). The average molecular weight is 366 g/mol. The van der Waals surface area contributed by atoms with Gasteiger partial charge < -0.3 is 14.9 Å². The second kappa shape index (κ2) is 7.36. The average Bonchev–Trinajstić information content (AvgIpc) is 3.30. The van der Waals surface area contributed by atoms with Crippen molar-refractivity contribution in [3.63, 3.8) is 0 Å². The van der Waals surface area contributed by atoms with E-state index in [1.165, 1.54) is 0 Å². The summed E-state index contributed by atoms with van der Waals surface area (Å²) < 4.78 is 7.05. The topological polar surface area (TPSA) is 93.2 Å². The number of aliphatic hydroxyl groups is 1. The van der Waals surface area contributed by atoms with E-state index in [0.717, 1.165) is 30.5 Å². The van der Waals surface area contributed by atoms with Crippen LogP contribution in [0.3, 0.4) is 0 Å². The van der Waals surface area contributed by atoms with Crippen molar-refractivity contribution in [1.29, 1.82) is 0 Å². The molecule has 1 aromatic carbocycles. The number of aliphatic hydroxyl groups excluding tert-OH is 1. The van der Waals surface area contributed by atoms with E-state index in [1.54, 1.807) is 19.2 Å². The molecule has 2 N–H and O–H groups in total. The van der Waals surface area contributed by atoms with Gasteiger partial charge in [-0.1, -0.05) is 35.5 Å². The monoisotopic (exact) mass is 366 g/mol. The number of rotatable bonds is 6. The maximum absolute atomic E-state index is 12.3. The molecule has 140 valence electrons. The third-order valence-electron chi connectivity index (χ3n) is 4.96. The fraction of sp³-hybridized carbons (Fsp3) is 0.350. The Balaban J connectivity index is 1.27. The number of hydrogen-bond donors (Lipinski definition) is 2. The van der Waals surface area contributed by atoms with Crippen molar-refractivity contribution in [3.8, 4) is 11.3 Å². The molecule has 1 aliphatic rings. The van der Waals surface area contributed by atoms with E-state index < -0.39 is 6.10 Å². The van der Waals surface area contributed by atoms with Gasteiger partial charge in [-0.2, -0.15) is 5.10 Å². The number of nitrogens with one attached hydrogen (secondary N) is 1. The highest BCUT2D eigenvalue weighted by Gasteiger charge is 2.31. The van der Waals surface area contributed by atoms with E-state index in [-0.39, 0.29) is 17.7 Å². The van der Waals surface area contributed by atoms with E-state index in [9.17, 15) is 9.90 Å². The molecule has 1 saturated carbocycles. The smallest absolute Gasteiger partial charge is 0.290 e. The third-order valence-corrected chi connectivity index (χ3v) is 4.96. The maximum atomic E-state index is 12.3. The number of benzene rings is 1. The van der Waals surface area contributed by atoms with Crippen LogP contribution < -0.4 is 5.32 Å². The van der Waals surface area contributed by atoms with Gasteiger partial charge in [0.1, 0.15) is 5.69 Å². The van der Waals surface area contributed by atoms with Gasteiger partial charge in [-0.3, -0.25) is 9.48 Å². The molecule has 7 heteroatoms. The Labute approximate surface area is 157 Å². The van der Waals surface area contributed by atoms with Crippen LogP contribution in [0, 0.1) is 5.92 Å². The molecule has 7 nitrogen and oxygen atoms in total. The van der Waals surface area contributed by atoms with Gasteiger partial charge in [-0.25, -0.2) is 0 Å². The highest BCUT2D eigenvalue weighted by molar-refractivity contribution is 5.92. The van der Waals surface area contributed by atoms with E-state index in [4.69, 9.17) is 4.52 Å². The van der Waals surface area contributed by atoms with Crippen LogP contribution in [0.15, 0.2) is 53.3 Å².